The zero-order chi connectivity index (χ0) is 15.5. The van der Waals surface area contributed by atoms with E-state index in [-0.39, 0.29) is 12.5 Å². The summed E-state index contributed by atoms with van der Waals surface area (Å²) >= 11 is 6.99. The maximum atomic E-state index is 11.9. The fourth-order valence-corrected chi connectivity index (χ4v) is 3.06. The maximum Gasteiger partial charge on any atom is 0.261 e. The van der Waals surface area contributed by atoms with Crippen molar-refractivity contribution in [2.45, 2.75) is 6.10 Å². The highest BCUT2D eigenvalue weighted by Crippen LogP contribution is 2.32. The van der Waals surface area contributed by atoms with Crippen molar-refractivity contribution >= 4 is 28.8 Å². The van der Waals surface area contributed by atoms with Crippen molar-refractivity contribution in [3.63, 3.8) is 0 Å². The largest absolute Gasteiger partial charge is 0.486 e. The van der Waals surface area contributed by atoms with Crippen LogP contribution in [0.4, 0.5) is 0 Å². The van der Waals surface area contributed by atoms with Gasteiger partial charge >= 0.3 is 0 Å². The lowest BCUT2D eigenvalue weighted by atomic mass is 10.1. The number of aliphatic hydroxyl groups is 1. The average Bonchev–Trinajstić information content (AvgIpc) is 2.98. The van der Waals surface area contributed by atoms with E-state index >= 15 is 0 Å². The van der Waals surface area contributed by atoms with Crippen LogP contribution < -0.4 is 14.8 Å². The Bertz CT molecular complexity index is 688. The number of nitrogens with one attached hydrogen (secondary N) is 1. The summed E-state index contributed by atoms with van der Waals surface area (Å²) in [7, 11) is 0. The van der Waals surface area contributed by atoms with Gasteiger partial charge in [-0.3, -0.25) is 4.79 Å². The minimum atomic E-state index is -0.824. The van der Waals surface area contributed by atoms with Crippen LogP contribution in [0.3, 0.4) is 0 Å². The molecule has 2 N–H and O–H groups in total. The number of carbonyl (C=O) groups is 1. The van der Waals surface area contributed by atoms with Gasteiger partial charge in [0.1, 0.15) is 13.2 Å². The molecule has 1 unspecified atom stereocenters. The van der Waals surface area contributed by atoms with Gasteiger partial charge in [-0.15, -0.1) is 11.3 Å². The zero-order valence-electron chi connectivity index (χ0n) is 11.5. The molecule has 2 aromatic rings. The first-order valence-corrected chi connectivity index (χ1v) is 7.94. The Kier molecular flexibility index (Phi) is 4.52. The van der Waals surface area contributed by atoms with Crippen LogP contribution in [0.2, 0.25) is 4.34 Å². The van der Waals surface area contributed by atoms with Crippen LogP contribution >= 0.6 is 22.9 Å². The number of thiophene rings is 1. The predicted molar refractivity (Wildman–Crippen MR) is 84.1 cm³/mol. The van der Waals surface area contributed by atoms with E-state index in [0.717, 1.165) is 0 Å². The Labute approximate surface area is 136 Å². The molecular formula is C15H14ClNO4S. The molecule has 0 aliphatic carbocycles. The number of fused-ring (bicyclic) bond motifs is 1. The number of rotatable bonds is 4. The zero-order valence-corrected chi connectivity index (χ0v) is 13.1. The molecule has 1 aromatic carbocycles. The molecule has 1 atom stereocenters. The molecule has 0 saturated heterocycles. The predicted octanol–water partition coefficient (Wildman–Crippen LogP) is 2.64. The second kappa shape index (κ2) is 6.56. The summed E-state index contributed by atoms with van der Waals surface area (Å²) in [6.45, 7) is 1.12. The highest BCUT2D eigenvalue weighted by atomic mass is 35.5. The van der Waals surface area contributed by atoms with Crippen molar-refractivity contribution in [1.82, 2.24) is 5.32 Å². The van der Waals surface area contributed by atoms with Crippen molar-refractivity contribution in [3.05, 3.63) is 45.1 Å². The number of amides is 1. The van der Waals surface area contributed by atoms with Crippen LogP contribution in [0.5, 0.6) is 11.5 Å². The molecule has 0 radical (unpaired) electrons. The van der Waals surface area contributed by atoms with Gasteiger partial charge in [0, 0.05) is 6.54 Å². The first-order chi connectivity index (χ1) is 10.6. The number of ether oxygens (including phenoxy) is 2. The second-order valence-electron chi connectivity index (χ2n) is 4.73. The highest BCUT2D eigenvalue weighted by molar-refractivity contribution is 7.17. The van der Waals surface area contributed by atoms with E-state index in [4.69, 9.17) is 21.1 Å². The second-order valence-corrected chi connectivity index (χ2v) is 6.45. The molecule has 3 rings (SSSR count). The summed E-state index contributed by atoms with van der Waals surface area (Å²) in [5.74, 6) is 1.02. The number of hydrogen-bond donors (Lipinski definition) is 2. The summed E-state index contributed by atoms with van der Waals surface area (Å²) in [6, 6.07) is 8.56. The lowest BCUT2D eigenvalue weighted by Gasteiger charge is -2.20. The van der Waals surface area contributed by atoms with Gasteiger partial charge in [-0.2, -0.15) is 0 Å². The van der Waals surface area contributed by atoms with Crippen LogP contribution in [0.25, 0.3) is 0 Å². The Morgan fingerprint density at radius 2 is 2.05 bits per heavy atom. The van der Waals surface area contributed by atoms with E-state index in [0.29, 0.717) is 39.5 Å². The summed E-state index contributed by atoms with van der Waals surface area (Å²) in [5.41, 5.74) is 0.661. The van der Waals surface area contributed by atoms with Crippen molar-refractivity contribution < 1.29 is 19.4 Å². The van der Waals surface area contributed by atoms with Crippen molar-refractivity contribution in [1.29, 1.82) is 0 Å². The minimum absolute atomic E-state index is 0.105. The summed E-state index contributed by atoms with van der Waals surface area (Å²) in [5, 5.41) is 12.9. The molecule has 1 aliphatic heterocycles. The number of benzene rings is 1. The molecule has 1 aliphatic rings. The Hall–Kier alpha value is -1.76. The van der Waals surface area contributed by atoms with Crippen molar-refractivity contribution in [2.24, 2.45) is 0 Å². The van der Waals surface area contributed by atoms with Gasteiger partial charge in [0.2, 0.25) is 0 Å². The first-order valence-electron chi connectivity index (χ1n) is 6.74. The minimum Gasteiger partial charge on any atom is -0.486 e. The van der Waals surface area contributed by atoms with Gasteiger partial charge < -0.3 is 19.9 Å². The van der Waals surface area contributed by atoms with Crippen LogP contribution in [-0.2, 0) is 0 Å². The Morgan fingerprint density at radius 3 is 2.77 bits per heavy atom. The molecule has 2 heterocycles. The van der Waals surface area contributed by atoms with E-state index < -0.39 is 6.10 Å². The molecule has 22 heavy (non-hydrogen) atoms. The van der Waals surface area contributed by atoms with E-state index in [1.807, 2.05) is 0 Å². The third-order valence-corrected chi connectivity index (χ3v) is 4.43. The molecule has 0 bridgehead atoms. The number of aliphatic hydroxyl groups excluding tert-OH is 1. The lowest BCUT2D eigenvalue weighted by Crippen LogP contribution is -2.27. The maximum absolute atomic E-state index is 11.9. The summed E-state index contributed by atoms with van der Waals surface area (Å²) < 4.78 is 11.5. The lowest BCUT2D eigenvalue weighted by molar-refractivity contribution is 0.0920. The number of carbonyl (C=O) groups excluding carboxylic acids is 1. The number of hydrogen-bond acceptors (Lipinski definition) is 5. The van der Waals surface area contributed by atoms with Crippen molar-refractivity contribution in [2.75, 3.05) is 19.8 Å². The van der Waals surface area contributed by atoms with E-state index in [1.165, 1.54) is 11.3 Å². The van der Waals surface area contributed by atoms with Crippen LogP contribution in [-0.4, -0.2) is 30.8 Å². The Balaban J connectivity index is 1.62. The van der Waals surface area contributed by atoms with Gasteiger partial charge in [0.15, 0.2) is 11.5 Å². The fourth-order valence-electron chi connectivity index (χ4n) is 2.10. The first kappa shape index (κ1) is 15.1. The van der Waals surface area contributed by atoms with Gasteiger partial charge in [-0.1, -0.05) is 17.7 Å². The third-order valence-electron chi connectivity index (χ3n) is 3.20. The molecule has 7 heteroatoms. The molecule has 1 amide bonds. The van der Waals surface area contributed by atoms with E-state index in [2.05, 4.69) is 5.32 Å². The van der Waals surface area contributed by atoms with E-state index in [9.17, 15) is 9.90 Å². The standard InChI is InChI=1S/C15H14ClNO4S/c16-14-4-3-13(22-14)15(19)17-8-10(18)9-1-2-11-12(7-9)21-6-5-20-11/h1-4,7,10,18H,5-6,8H2,(H,17,19). The average molecular weight is 340 g/mol. The van der Waals surface area contributed by atoms with E-state index in [1.54, 1.807) is 30.3 Å². The molecule has 1 aromatic heterocycles. The van der Waals surface area contributed by atoms with Gasteiger partial charge in [-0.05, 0) is 29.8 Å². The van der Waals surface area contributed by atoms with Gasteiger partial charge in [-0.25, -0.2) is 0 Å². The smallest absolute Gasteiger partial charge is 0.261 e. The van der Waals surface area contributed by atoms with Gasteiger partial charge in [0.25, 0.3) is 5.91 Å². The van der Waals surface area contributed by atoms with Gasteiger partial charge in [0.05, 0.1) is 15.3 Å². The Morgan fingerprint density at radius 1 is 1.27 bits per heavy atom. The third kappa shape index (κ3) is 3.35. The SMILES string of the molecule is O=C(NCC(O)c1ccc2c(c1)OCCO2)c1ccc(Cl)s1. The van der Waals surface area contributed by atoms with Crippen LogP contribution in [0.1, 0.15) is 21.3 Å². The molecule has 0 spiro atoms. The fraction of sp³-hybridized carbons (Fsp3) is 0.267. The highest BCUT2D eigenvalue weighted by Gasteiger charge is 2.16. The molecule has 116 valence electrons. The molecule has 0 saturated carbocycles. The summed E-state index contributed by atoms with van der Waals surface area (Å²) in [6.07, 6.45) is -0.824. The van der Waals surface area contributed by atoms with Crippen LogP contribution in [0, 0.1) is 0 Å². The molecule has 0 fully saturated rings. The quantitative estimate of drug-likeness (QED) is 0.898. The summed E-state index contributed by atoms with van der Waals surface area (Å²) in [4.78, 5) is 12.4. The molecular weight excluding hydrogens is 326 g/mol. The normalized spacial score (nSPS) is 14.5. The number of halogens is 1. The van der Waals surface area contributed by atoms with Crippen molar-refractivity contribution in [3.8, 4) is 11.5 Å². The van der Waals surface area contributed by atoms with Crippen LogP contribution in [0.15, 0.2) is 30.3 Å². The topological polar surface area (TPSA) is 67.8 Å². The monoisotopic (exact) mass is 339 g/mol. The molecule has 5 nitrogen and oxygen atoms in total.